The van der Waals surface area contributed by atoms with Gasteiger partial charge in [0.25, 0.3) is 0 Å². The molecule has 0 N–H and O–H groups in total. The SMILES string of the molecule is CN(Cc1cccs1)C(=O)C1CCN(S(C)(=O)=O)CC1. The number of hydrogen-bond acceptors (Lipinski definition) is 4. The molecular formula is C13H20N2O3S2. The first-order chi connectivity index (χ1) is 9.38. The molecule has 0 spiro atoms. The van der Waals surface area contributed by atoms with E-state index < -0.39 is 10.0 Å². The van der Waals surface area contributed by atoms with Crippen LogP contribution in [0.5, 0.6) is 0 Å². The molecule has 7 heteroatoms. The maximum Gasteiger partial charge on any atom is 0.225 e. The Labute approximate surface area is 124 Å². The lowest BCUT2D eigenvalue weighted by atomic mass is 9.96. The zero-order valence-corrected chi connectivity index (χ0v) is 13.4. The maximum absolute atomic E-state index is 12.3. The number of carbonyl (C=O) groups is 1. The van der Waals surface area contributed by atoms with Gasteiger partial charge in [-0.2, -0.15) is 0 Å². The van der Waals surface area contributed by atoms with Crippen LogP contribution in [-0.2, 0) is 21.4 Å². The van der Waals surface area contributed by atoms with Crippen molar-refractivity contribution in [3.8, 4) is 0 Å². The van der Waals surface area contributed by atoms with E-state index in [4.69, 9.17) is 0 Å². The predicted molar refractivity (Wildman–Crippen MR) is 79.9 cm³/mol. The zero-order valence-electron chi connectivity index (χ0n) is 11.8. The summed E-state index contributed by atoms with van der Waals surface area (Å²) >= 11 is 1.64. The van der Waals surface area contributed by atoms with Crippen LogP contribution in [-0.4, -0.2) is 49.9 Å². The van der Waals surface area contributed by atoms with Gasteiger partial charge in [0.15, 0.2) is 0 Å². The van der Waals surface area contributed by atoms with Crippen LogP contribution in [0.25, 0.3) is 0 Å². The molecule has 20 heavy (non-hydrogen) atoms. The Hall–Kier alpha value is -0.920. The van der Waals surface area contributed by atoms with Crippen molar-refractivity contribution in [1.82, 2.24) is 9.21 Å². The third kappa shape index (κ3) is 3.80. The zero-order chi connectivity index (χ0) is 14.8. The molecule has 0 atom stereocenters. The third-order valence-electron chi connectivity index (χ3n) is 3.62. The number of rotatable bonds is 4. The van der Waals surface area contributed by atoms with E-state index in [-0.39, 0.29) is 11.8 Å². The molecule has 0 radical (unpaired) electrons. The summed E-state index contributed by atoms with van der Waals surface area (Å²) in [5.74, 6) is 0.0597. The maximum atomic E-state index is 12.3. The van der Waals surface area contributed by atoms with Gasteiger partial charge in [-0.05, 0) is 24.3 Å². The summed E-state index contributed by atoms with van der Waals surface area (Å²) in [5, 5.41) is 2.00. The molecule has 0 unspecified atom stereocenters. The Morgan fingerprint density at radius 1 is 1.45 bits per heavy atom. The van der Waals surface area contributed by atoms with Crippen LogP contribution in [0.15, 0.2) is 17.5 Å². The first-order valence-electron chi connectivity index (χ1n) is 6.60. The Morgan fingerprint density at radius 3 is 2.60 bits per heavy atom. The van der Waals surface area contributed by atoms with Gasteiger partial charge in [-0.3, -0.25) is 4.79 Å². The van der Waals surface area contributed by atoms with Crippen molar-refractivity contribution < 1.29 is 13.2 Å². The minimum absolute atomic E-state index is 0.0574. The fourth-order valence-corrected chi connectivity index (χ4v) is 4.09. The average molecular weight is 316 g/mol. The van der Waals surface area contributed by atoms with Crippen LogP contribution in [0.2, 0.25) is 0 Å². The summed E-state index contributed by atoms with van der Waals surface area (Å²) in [4.78, 5) is 15.2. The normalized spacial score (nSPS) is 18.1. The topological polar surface area (TPSA) is 57.7 Å². The van der Waals surface area contributed by atoms with Gasteiger partial charge in [0.05, 0.1) is 12.8 Å². The number of sulfonamides is 1. The Morgan fingerprint density at radius 2 is 2.10 bits per heavy atom. The highest BCUT2D eigenvalue weighted by Crippen LogP contribution is 2.22. The molecule has 5 nitrogen and oxygen atoms in total. The molecule has 1 aliphatic heterocycles. The van der Waals surface area contributed by atoms with Crippen LogP contribution >= 0.6 is 11.3 Å². The van der Waals surface area contributed by atoms with Crippen molar-refractivity contribution in [2.75, 3.05) is 26.4 Å². The summed E-state index contributed by atoms with van der Waals surface area (Å²) < 4.78 is 24.3. The molecule has 0 aromatic carbocycles. The van der Waals surface area contributed by atoms with Crippen molar-refractivity contribution in [1.29, 1.82) is 0 Å². The molecule has 1 aromatic heterocycles. The quantitative estimate of drug-likeness (QED) is 0.843. The number of thiophene rings is 1. The van der Waals surface area contributed by atoms with Crippen LogP contribution < -0.4 is 0 Å². The number of piperidine rings is 1. The molecule has 1 aromatic rings. The van der Waals surface area contributed by atoms with Gasteiger partial charge in [0, 0.05) is 30.9 Å². The summed E-state index contributed by atoms with van der Waals surface area (Å²) in [5.41, 5.74) is 0. The second-order valence-corrected chi connectivity index (χ2v) is 8.22. The minimum Gasteiger partial charge on any atom is -0.340 e. The van der Waals surface area contributed by atoms with Crippen LogP contribution in [0.1, 0.15) is 17.7 Å². The molecule has 1 aliphatic rings. The molecule has 1 fully saturated rings. The van der Waals surface area contributed by atoms with E-state index in [0.29, 0.717) is 32.5 Å². The molecule has 2 rings (SSSR count). The lowest BCUT2D eigenvalue weighted by Crippen LogP contribution is -2.42. The van der Waals surface area contributed by atoms with E-state index in [9.17, 15) is 13.2 Å². The van der Waals surface area contributed by atoms with Crippen molar-refractivity contribution in [3.63, 3.8) is 0 Å². The number of carbonyl (C=O) groups excluding carboxylic acids is 1. The van der Waals surface area contributed by atoms with Crippen LogP contribution in [0, 0.1) is 5.92 Å². The average Bonchev–Trinajstić information content (AvgIpc) is 2.90. The highest BCUT2D eigenvalue weighted by atomic mass is 32.2. The smallest absolute Gasteiger partial charge is 0.225 e. The van der Waals surface area contributed by atoms with Gasteiger partial charge in [0.2, 0.25) is 15.9 Å². The van der Waals surface area contributed by atoms with Crippen molar-refractivity contribution in [3.05, 3.63) is 22.4 Å². The van der Waals surface area contributed by atoms with Crippen molar-refractivity contribution >= 4 is 27.3 Å². The standard InChI is InChI=1S/C13H20N2O3S2/c1-14(10-12-4-3-9-19-12)13(16)11-5-7-15(8-6-11)20(2,17)18/h3-4,9,11H,5-8,10H2,1-2H3. The summed E-state index contributed by atoms with van der Waals surface area (Å²) in [7, 11) is -1.32. The van der Waals surface area contributed by atoms with Gasteiger partial charge >= 0.3 is 0 Å². The van der Waals surface area contributed by atoms with Gasteiger partial charge in [0.1, 0.15) is 0 Å². The monoisotopic (exact) mass is 316 g/mol. The molecule has 2 heterocycles. The van der Waals surface area contributed by atoms with Crippen LogP contribution in [0.3, 0.4) is 0 Å². The Balaban J connectivity index is 1.88. The second kappa shape index (κ2) is 6.24. The van der Waals surface area contributed by atoms with E-state index in [1.165, 1.54) is 10.6 Å². The molecule has 0 bridgehead atoms. The summed E-state index contributed by atoms with van der Waals surface area (Å²) in [6.45, 7) is 1.52. The van der Waals surface area contributed by atoms with E-state index in [0.717, 1.165) is 4.88 Å². The first-order valence-corrected chi connectivity index (χ1v) is 9.33. The summed E-state index contributed by atoms with van der Waals surface area (Å²) in [6.07, 6.45) is 2.44. The van der Waals surface area contributed by atoms with Crippen LogP contribution in [0.4, 0.5) is 0 Å². The van der Waals surface area contributed by atoms with Gasteiger partial charge in [-0.15, -0.1) is 11.3 Å². The first kappa shape index (κ1) is 15.5. The molecule has 112 valence electrons. The Kier molecular flexibility index (Phi) is 4.82. The third-order valence-corrected chi connectivity index (χ3v) is 5.79. The predicted octanol–water partition coefficient (Wildman–Crippen LogP) is 1.38. The minimum atomic E-state index is -3.13. The fraction of sp³-hybridized carbons (Fsp3) is 0.615. The van der Waals surface area contributed by atoms with E-state index in [2.05, 4.69) is 0 Å². The van der Waals surface area contributed by atoms with E-state index >= 15 is 0 Å². The van der Waals surface area contributed by atoms with Crippen molar-refractivity contribution in [2.45, 2.75) is 19.4 Å². The number of nitrogens with zero attached hydrogens (tertiary/aromatic N) is 2. The summed E-state index contributed by atoms with van der Waals surface area (Å²) in [6, 6.07) is 3.99. The fourth-order valence-electron chi connectivity index (χ4n) is 2.46. The molecule has 1 saturated heterocycles. The lowest BCUT2D eigenvalue weighted by Gasteiger charge is -2.31. The van der Waals surface area contributed by atoms with Crippen molar-refractivity contribution in [2.24, 2.45) is 5.92 Å². The highest BCUT2D eigenvalue weighted by Gasteiger charge is 2.30. The number of hydrogen-bond donors (Lipinski definition) is 0. The van der Waals surface area contributed by atoms with Gasteiger partial charge < -0.3 is 4.90 Å². The van der Waals surface area contributed by atoms with Gasteiger partial charge in [-0.25, -0.2) is 12.7 Å². The molecule has 0 saturated carbocycles. The lowest BCUT2D eigenvalue weighted by molar-refractivity contribution is -0.135. The molecular weight excluding hydrogens is 296 g/mol. The Bertz CT molecular complexity index is 546. The van der Waals surface area contributed by atoms with E-state index in [1.54, 1.807) is 16.2 Å². The number of amides is 1. The highest BCUT2D eigenvalue weighted by molar-refractivity contribution is 7.88. The second-order valence-electron chi connectivity index (χ2n) is 5.21. The van der Waals surface area contributed by atoms with E-state index in [1.807, 2.05) is 24.6 Å². The largest absolute Gasteiger partial charge is 0.340 e. The van der Waals surface area contributed by atoms with Gasteiger partial charge in [-0.1, -0.05) is 6.07 Å². The molecule has 0 aliphatic carbocycles. The molecule has 1 amide bonds.